The molecule has 0 bridgehead atoms. The number of hydrogen-bond donors (Lipinski definition) is 2. The van der Waals surface area contributed by atoms with Crippen molar-refractivity contribution in [2.24, 2.45) is 4.99 Å². The maximum absolute atomic E-state index is 10.8. The van der Waals surface area contributed by atoms with Crippen molar-refractivity contribution in [3.8, 4) is 0 Å². The van der Waals surface area contributed by atoms with E-state index in [1.54, 1.807) is 24.4 Å². The number of nitrogens with one attached hydrogen (secondary N) is 1. The van der Waals surface area contributed by atoms with Gasteiger partial charge in [-0.2, -0.15) is 0 Å². The zero-order valence-electron chi connectivity index (χ0n) is 12.8. The number of aliphatic hydroxyl groups is 1. The maximum atomic E-state index is 10.8. The molecule has 2 heterocycles. The summed E-state index contributed by atoms with van der Waals surface area (Å²) >= 11 is 7.33. The molecular formula is C19H15ClN2OS. The highest BCUT2D eigenvalue weighted by molar-refractivity contribution is 7.12. The Kier molecular flexibility index (Phi) is 5.27. The molecule has 2 N–H and O–H groups in total. The SMILES string of the molecule is N=C(C(=CC1=C=C=C(Cl)C=C1)C(O)C1=CN=CCC1)c1cccs1. The smallest absolute Gasteiger partial charge is 0.104 e. The number of thiophene rings is 1. The first-order chi connectivity index (χ1) is 11.6. The van der Waals surface area contributed by atoms with Crippen molar-refractivity contribution in [1.29, 1.82) is 5.41 Å². The van der Waals surface area contributed by atoms with Crippen LogP contribution in [0.2, 0.25) is 0 Å². The second kappa shape index (κ2) is 7.59. The minimum Gasteiger partial charge on any atom is -0.384 e. The molecule has 5 heteroatoms. The number of halogens is 1. The van der Waals surface area contributed by atoms with Crippen LogP contribution >= 0.6 is 22.9 Å². The Balaban J connectivity index is 2.03. The van der Waals surface area contributed by atoms with E-state index < -0.39 is 6.10 Å². The second-order valence-corrected chi connectivity index (χ2v) is 6.67. The zero-order valence-corrected chi connectivity index (χ0v) is 14.4. The van der Waals surface area contributed by atoms with Crippen LogP contribution < -0.4 is 0 Å². The highest BCUT2D eigenvalue weighted by atomic mass is 35.5. The average Bonchev–Trinajstić information content (AvgIpc) is 3.15. The number of aliphatic imine (C=N–C) groups is 1. The molecule has 120 valence electrons. The highest BCUT2D eigenvalue weighted by Crippen LogP contribution is 2.25. The summed E-state index contributed by atoms with van der Waals surface area (Å²) in [6.45, 7) is 0. The first-order valence-electron chi connectivity index (χ1n) is 7.47. The first-order valence-corrected chi connectivity index (χ1v) is 8.73. The molecule has 0 radical (unpaired) electrons. The summed E-state index contributed by atoms with van der Waals surface area (Å²) in [4.78, 5) is 4.93. The Labute approximate surface area is 149 Å². The van der Waals surface area contributed by atoms with E-state index in [-0.39, 0.29) is 0 Å². The van der Waals surface area contributed by atoms with Gasteiger partial charge in [-0.25, -0.2) is 0 Å². The van der Waals surface area contributed by atoms with Crippen molar-refractivity contribution in [3.63, 3.8) is 0 Å². The molecule has 1 unspecified atom stereocenters. The molecule has 1 atom stereocenters. The van der Waals surface area contributed by atoms with Crippen molar-refractivity contribution in [2.45, 2.75) is 18.9 Å². The van der Waals surface area contributed by atoms with Gasteiger partial charge in [-0.1, -0.05) is 23.4 Å². The lowest BCUT2D eigenvalue weighted by Gasteiger charge is -2.19. The van der Waals surface area contributed by atoms with Gasteiger partial charge in [0.15, 0.2) is 0 Å². The van der Waals surface area contributed by atoms with Crippen LogP contribution in [0, 0.1) is 5.41 Å². The van der Waals surface area contributed by atoms with Gasteiger partial charge in [0.25, 0.3) is 0 Å². The summed E-state index contributed by atoms with van der Waals surface area (Å²) in [6.07, 6.45) is 9.43. The molecule has 0 saturated carbocycles. The molecule has 3 rings (SSSR count). The molecule has 2 aliphatic rings. The van der Waals surface area contributed by atoms with E-state index in [0.29, 0.717) is 16.3 Å². The Morgan fingerprint density at radius 3 is 2.92 bits per heavy atom. The lowest BCUT2D eigenvalue weighted by atomic mass is 9.92. The third-order valence-corrected chi connectivity index (χ3v) is 4.76. The van der Waals surface area contributed by atoms with Crippen molar-refractivity contribution in [3.05, 3.63) is 80.0 Å². The summed E-state index contributed by atoms with van der Waals surface area (Å²) in [6, 6.07) is 3.77. The molecule has 3 nitrogen and oxygen atoms in total. The first kappa shape index (κ1) is 16.7. The van der Waals surface area contributed by atoms with Crippen LogP contribution in [0.3, 0.4) is 0 Å². The molecule has 0 fully saturated rings. The summed E-state index contributed by atoms with van der Waals surface area (Å²) in [7, 11) is 0. The van der Waals surface area contributed by atoms with Crippen molar-refractivity contribution in [2.75, 3.05) is 0 Å². The van der Waals surface area contributed by atoms with Gasteiger partial charge < -0.3 is 5.11 Å². The third-order valence-electron chi connectivity index (χ3n) is 3.66. The highest BCUT2D eigenvalue weighted by Gasteiger charge is 2.22. The van der Waals surface area contributed by atoms with Crippen LogP contribution in [0.4, 0.5) is 0 Å². The van der Waals surface area contributed by atoms with E-state index in [0.717, 1.165) is 28.9 Å². The molecule has 24 heavy (non-hydrogen) atoms. The Bertz CT molecular complexity index is 874. The van der Waals surface area contributed by atoms with Crippen molar-refractivity contribution < 1.29 is 5.11 Å². The van der Waals surface area contributed by atoms with Gasteiger partial charge in [-0.05, 0) is 53.8 Å². The van der Waals surface area contributed by atoms with Crippen LogP contribution in [0.1, 0.15) is 17.7 Å². The monoisotopic (exact) mass is 354 g/mol. The van der Waals surface area contributed by atoms with E-state index >= 15 is 0 Å². The van der Waals surface area contributed by atoms with Crippen LogP contribution in [-0.4, -0.2) is 23.1 Å². The summed E-state index contributed by atoms with van der Waals surface area (Å²) < 4.78 is 0. The largest absolute Gasteiger partial charge is 0.384 e. The Hall–Kier alpha value is -2.19. The summed E-state index contributed by atoms with van der Waals surface area (Å²) in [5.41, 5.74) is 8.09. The second-order valence-electron chi connectivity index (χ2n) is 5.32. The number of allylic oxidation sites excluding steroid dienone is 5. The topological polar surface area (TPSA) is 56.4 Å². The van der Waals surface area contributed by atoms with E-state index in [1.165, 1.54) is 11.3 Å². The fraction of sp³-hybridized carbons (Fsp3) is 0.158. The summed E-state index contributed by atoms with van der Waals surface area (Å²) in [5.74, 6) is 0. The van der Waals surface area contributed by atoms with Crippen LogP contribution in [0.5, 0.6) is 0 Å². The molecule has 1 aromatic rings. The molecular weight excluding hydrogens is 340 g/mol. The quantitative estimate of drug-likeness (QED) is 0.592. The predicted molar refractivity (Wildman–Crippen MR) is 100 cm³/mol. The summed E-state index contributed by atoms with van der Waals surface area (Å²) in [5, 5.41) is 21.7. The van der Waals surface area contributed by atoms with Crippen LogP contribution in [0.25, 0.3) is 0 Å². The minimum absolute atomic E-state index is 0.302. The third kappa shape index (κ3) is 3.82. The van der Waals surface area contributed by atoms with E-state index in [4.69, 9.17) is 17.0 Å². The van der Waals surface area contributed by atoms with Gasteiger partial charge >= 0.3 is 0 Å². The standard InChI is InChI=1S/C19H15ClN2OS/c20-15-7-5-13(6-8-15)11-16(18(21)17-4-2-10-24-17)19(23)14-3-1-9-22-12-14/h2,4-5,7,9-12,19,21,23H,1,3H2. The van der Waals surface area contributed by atoms with E-state index in [2.05, 4.69) is 16.5 Å². The van der Waals surface area contributed by atoms with Gasteiger partial charge in [0.1, 0.15) is 6.10 Å². The van der Waals surface area contributed by atoms with E-state index in [9.17, 15) is 5.11 Å². The molecule has 1 aromatic heterocycles. The molecule has 0 saturated heterocycles. The lowest BCUT2D eigenvalue weighted by Crippen LogP contribution is -2.21. The molecule has 0 amide bonds. The molecule has 0 spiro atoms. The van der Waals surface area contributed by atoms with Crippen LogP contribution in [-0.2, 0) is 0 Å². The van der Waals surface area contributed by atoms with Gasteiger partial charge in [0, 0.05) is 23.6 Å². The van der Waals surface area contributed by atoms with Crippen LogP contribution in [0.15, 0.2) is 80.1 Å². The fourth-order valence-corrected chi connectivity index (χ4v) is 3.21. The van der Waals surface area contributed by atoms with Crippen molar-refractivity contribution in [1.82, 2.24) is 0 Å². The maximum Gasteiger partial charge on any atom is 0.104 e. The number of nitrogens with zero attached hydrogens (tertiary/aromatic N) is 1. The lowest BCUT2D eigenvalue weighted by molar-refractivity contribution is 0.248. The van der Waals surface area contributed by atoms with Gasteiger partial charge in [0.2, 0.25) is 0 Å². The normalized spacial score (nSPS) is 18.1. The minimum atomic E-state index is -0.874. The Morgan fingerprint density at radius 1 is 1.42 bits per heavy atom. The molecule has 0 aromatic carbocycles. The molecule has 1 aliphatic heterocycles. The zero-order chi connectivity index (χ0) is 16.9. The van der Waals surface area contributed by atoms with Crippen molar-refractivity contribution >= 4 is 34.9 Å². The molecule has 1 aliphatic carbocycles. The number of hydrogen-bond acceptors (Lipinski definition) is 4. The van der Waals surface area contributed by atoms with Gasteiger partial charge in [-0.3, -0.25) is 10.4 Å². The van der Waals surface area contributed by atoms with Gasteiger partial charge in [-0.15, -0.1) is 11.3 Å². The average molecular weight is 355 g/mol. The van der Waals surface area contributed by atoms with Gasteiger partial charge in [0.05, 0.1) is 15.6 Å². The number of aliphatic hydroxyl groups excluding tert-OH is 1. The fourth-order valence-electron chi connectivity index (χ4n) is 2.41. The predicted octanol–water partition coefficient (Wildman–Crippen LogP) is 4.52. The van der Waals surface area contributed by atoms with E-state index in [1.807, 2.05) is 23.7 Å². The Morgan fingerprint density at radius 2 is 2.29 bits per heavy atom. The number of rotatable bonds is 5.